The molecule has 5 nitrogen and oxygen atoms in total. The van der Waals surface area contributed by atoms with Crippen LogP contribution < -0.4 is 14.2 Å². The molecule has 24 heavy (non-hydrogen) atoms. The molecule has 0 radical (unpaired) electrons. The van der Waals surface area contributed by atoms with Gasteiger partial charge in [-0.15, -0.1) is 0 Å². The van der Waals surface area contributed by atoms with E-state index in [4.69, 9.17) is 14.2 Å². The van der Waals surface area contributed by atoms with Crippen molar-refractivity contribution >= 4 is 15.9 Å². The van der Waals surface area contributed by atoms with Gasteiger partial charge in [0.15, 0.2) is 21.3 Å². The summed E-state index contributed by atoms with van der Waals surface area (Å²) in [5.74, 6) is 1.65. The van der Waals surface area contributed by atoms with Gasteiger partial charge in [0, 0.05) is 11.0 Å². The molecule has 0 atom stereocenters. The summed E-state index contributed by atoms with van der Waals surface area (Å²) in [6.07, 6.45) is 1.51. The van der Waals surface area contributed by atoms with Gasteiger partial charge in [0.05, 0.1) is 27.1 Å². The number of methoxy groups -OCH3 is 3. The topological polar surface area (TPSA) is 61.8 Å². The number of benzene rings is 2. The predicted octanol–water partition coefficient (Wildman–Crippen LogP) is 3.30. The standard InChI is InChI=1S/C18H20O5S/c1-21-16-9-7-14(8-10-16)13-24(19,20)12-11-15-5-4-6-17(22-2)18(15)23-3/h4-12H,13H2,1-3H3. The maximum atomic E-state index is 12.3. The molecule has 0 N–H and O–H groups in total. The molecule has 0 fully saturated rings. The molecule has 0 heterocycles. The second kappa shape index (κ2) is 7.88. The highest BCUT2D eigenvalue weighted by atomic mass is 32.2. The number of ether oxygens (including phenoxy) is 3. The first-order valence-electron chi connectivity index (χ1n) is 7.24. The van der Waals surface area contributed by atoms with Crippen molar-refractivity contribution in [2.45, 2.75) is 5.75 Å². The molecule has 2 aromatic rings. The number of para-hydroxylation sites is 1. The first-order chi connectivity index (χ1) is 11.5. The molecule has 0 spiro atoms. The van der Waals surface area contributed by atoms with E-state index in [0.29, 0.717) is 28.4 Å². The van der Waals surface area contributed by atoms with Crippen LogP contribution >= 0.6 is 0 Å². The maximum absolute atomic E-state index is 12.3. The third-order valence-electron chi connectivity index (χ3n) is 3.42. The number of rotatable bonds is 7. The first kappa shape index (κ1) is 17.9. The second-order valence-corrected chi connectivity index (χ2v) is 6.93. The monoisotopic (exact) mass is 348 g/mol. The van der Waals surface area contributed by atoms with Gasteiger partial charge in [-0.1, -0.05) is 24.3 Å². The Morgan fingerprint density at radius 1 is 0.917 bits per heavy atom. The van der Waals surface area contributed by atoms with E-state index in [1.807, 2.05) is 0 Å². The molecule has 0 aliphatic heterocycles. The van der Waals surface area contributed by atoms with E-state index in [9.17, 15) is 8.42 Å². The van der Waals surface area contributed by atoms with Crippen molar-refractivity contribution in [1.29, 1.82) is 0 Å². The molecule has 128 valence electrons. The van der Waals surface area contributed by atoms with Crippen LogP contribution in [-0.2, 0) is 15.6 Å². The Balaban J connectivity index is 2.20. The van der Waals surface area contributed by atoms with Gasteiger partial charge in [0.1, 0.15) is 5.75 Å². The maximum Gasteiger partial charge on any atom is 0.175 e. The van der Waals surface area contributed by atoms with E-state index < -0.39 is 9.84 Å². The van der Waals surface area contributed by atoms with Gasteiger partial charge in [-0.05, 0) is 29.8 Å². The number of hydrogen-bond acceptors (Lipinski definition) is 5. The van der Waals surface area contributed by atoms with Gasteiger partial charge in [0.2, 0.25) is 0 Å². The van der Waals surface area contributed by atoms with Crippen molar-refractivity contribution < 1.29 is 22.6 Å². The zero-order chi connectivity index (χ0) is 17.6. The summed E-state index contributed by atoms with van der Waals surface area (Å²) >= 11 is 0. The second-order valence-electron chi connectivity index (χ2n) is 5.04. The van der Waals surface area contributed by atoms with Gasteiger partial charge < -0.3 is 14.2 Å². The van der Waals surface area contributed by atoms with Crippen molar-refractivity contribution in [3.05, 3.63) is 59.0 Å². The molecule has 0 aliphatic carbocycles. The van der Waals surface area contributed by atoms with Crippen LogP contribution in [0.3, 0.4) is 0 Å². The lowest BCUT2D eigenvalue weighted by molar-refractivity contribution is 0.354. The van der Waals surface area contributed by atoms with E-state index in [0.717, 1.165) is 0 Å². The van der Waals surface area contributed by atoms with Crippen LogP contribution in [0.5, 0.6) is 17.2 Å². The average Bonchev–Trinajstić information content (AvgIpc) is 2.59. The van der Waals surface area contributed by atoms with Gasteiger partial charge in [-0.3, -0.25) is 0 Å². The van der Waals surface area contributed by atoms with Crippen molar-refractivity contribution in [1.82, 2.24) is 0 Å². The molecule has 0 unspecified atom stereocenters. The van der Waals surface area contributed by atoms with Crippen LogP contribution in [0.15, 0.2) is 47.9 Å². The summed E-state index contributed by atoms with van der Waals surface area (Å²) in [6, 6.07) is 12.2. The van der Waals surface area contributed by atoms with E-state index in [1.54, 1.807) is 49.6 Å². The van der Waals surface area contributed by atoms with Crippen molar-refractivity contribution in [2.24, 2.45) is 0 Å². The molecule has 0 aromatic heterocycles. The minimum absolute atomic E-state index is 0.0836. The highest BCUT2D eigenvalue weighted by molar-refractivity contribution is 7.93. The first-order valence-corrected chi connectivity index (χ1v) is 8.95. The van der Waals surface area contributed by atoms with Crippen LogP contribution in [-0.4, -0.2) is 29.7 Å². The third kappa shape index (κ3) is 4.52. The lowest BCUT2D eigenvalue weighted by Crippen LogP contribution is -2.00. The predicted molar refractivity (Wildman–Crippen MR) is 94.2 cm³/mol. The minimum Gasteiger partial charge on any atom is -0.497 e. The van der Waals surface area contributed by atoms with Gasteiger partial charge in [-0.25, -0.2) is 8.42 Å². The van der Waals surface area contributed by atoms with Gasteiger partial charge >= 0.3 is 0 Å². The zero-order valence-corrected chi connectivity index (χ0v) is 14.7. The van der Waals surface area contributed by atoms with Gasteiger partial charge in [-0.2, -0.15) is 0 Å². The van der Waals surface area contributed by atoms with Crippen molar-refractivity contribution in [3.8, 4) is 17.2 Å². The minimum atomic E-state index is -3.41. The molecule has 0 aliphatic rings. The Bertz CT molecular complexity index is 808. The molecule has 0 bridgehead atoms. The number of sulfone groups is 1. The molecule has 2 rings (SSSR count). The summed E-state index contributed by atoms with van der Waals surface area (Å²) in [7, 11) is 1.20. The molecule has 0 saturated heterocycles. The summed E-state index contributed by atoms with van der Waals surface area (Å²) < 4.78 is 40.1. The van der Waals surface area contributed by atoms with Gasteiger partial charge in [0.25, 0.3) is 0 Å². The number of hydrogen-bond donors (Lipinski definition) is 0. The SMILES string of the molecule is COc1ccc(CS(=O)(=O)C=Cc2cccc(OC)c2OC)cc1. The quantitative estimate of drug-likeness (QED) is 0.768. The van der Waals surface area contributed by atoms with E-state index in [1.165, 1.54) is 25.7 Å². The Hall–Kier alpha value is -2.47. The van der Waals surface area contributed by atoms with Crippen molar-refractivity contribution in [3.63, 3.8) is 0 Å². The molecule has 0 amide bonds. The summed E-state index contributed by atoms with van der Waals surface area (Å²) in [5.41, 5.74) is 1.33. The van der Waals surface area contributed by atoms with Crippen LogP contribution in [0, 0.1) is 0 Å². The van der Waals surface area contributed by atoms with Crippen LogP contribution in [0.2, 0.25) is 0 Å². The summed E-state index contributed by atoms with van der Waals surface area (Å²) in [4.78, 5) is 0. The fourth-order valence-corrected chi connectivity index (χ4v) is 3.33. The zero-order valence-electron chi connectivity index (χ0n) is 13.9. The largest absolute Gasteiger partial charge is 0.497 e. The fourth-order valence-electron chi connectivity index (χ4n) is 2.22. The highest BCUT2D eigenvalue weighted by Crippen LogP contribution is 2.31. The lowest BCUT2D eigenvalue weighted by atomic mass is 10.2. The van der Waals surface area contributed by atoms with Crippen LogP contribution in [0.25, 0.3) is 6.08 Å². The van der Waals surface area contributed by atoms with E-state index in [-0.39, 0.29) is 5.75 Å². The van der Waals surface area contributed by atoms with Crippen molar-refractivity contribution in [2.75, 3.05) is 21.3 Å². The molecule has 6 heteroatoms. The third-order valence-corrected chi connectivity index (χ3v) is 4.70. The van der Waals surface area contributed by atoms with Crippen LogP contribution in [0.1, 0.15) is 11.1 Å². The Morgan fingerprint density at radius 3 is 2.21 bits per heavy atom. The summed E-state index contributed by atoms with van der Waals surface area (Å²) in [6.45, 7) is 0. The molecular formula is C18H20O5S. The normalized spacial score (nSPS) is 11.5. The highest BCUT2D eigenvalue weighted by Gasteiger charge is 2.11. The molecular weight excluding hydrogens is 328 g/mol. The smallest absolute Gasteiger partial charge is 0.175 e. The Labute approximate surface area is 142 Å². The van der Waals surface area contributed by atoms with E-state index in [2.05, 4.69) is 0 Å². The fraction of sp³-hybridized carbons (Fsp3) is 0.222. The lowest BCUT2D eigenvalue weighted by Gasteiger charge is -2.09. The Kier molecular flexibility index (Phi) is 5.87. The van der Waals surface area contributed by atoms with Crippen LogP contribution in [0.4, 0.5) is 0 Å². The molecule has 2 aromatic carbocycles. The Morgan fingerprint density at radius 2 is 1.62 bits per heavy atom. The summed E-state index contributed by atoms with van der Waals surface area (Å²) in [5, 5.41) is 1.19. The average molecular weight is 348 g/mol. The van der Waals surface area contributed by atoms with E-state index >= 15 is 0 Å². The molecule has 0 saturated carbocycles.